The van der Waals surface area contributed by atoms with E-state index in [1.54, 1.807) is 12.4 Å². The summed E-state index contributed by atoms with van der Waals surface area (Å²) in [5, 5.41) is 18.3. The molecular formula is C25H29N7O2. The topological polar surface area (TPSA) is 121 Å². The van der Waals surface area contributed by atoms with E-state index >= 15 is 0 Å². The molecule has 1 saturated carbocycles. The Bertz CT molecular complexity index is 1110. The summed E-state index contributed by atoms with van der Waals surface area (Å²) in [6, 6.07) is 9.77. The average molecular weight is 460 g/mol. The van der Waals surface area contributed by atoms with E-state index in [0.29, 0.717) is 12.1 Å². The molecule has 4 heterocycles. The van der Waals surface area contributed by atoms with Crippen LogP contribution in [0.3, 0.4) is 0 Å². The fourth-order valence-corrected chi connectivity index (χ4v) is 5.22. The number of fused-ring (bicyclic) bond motifs is 2. The lowest BCUT2D eigenvalue weighted by Gasteiger charge is -2.35. The highest BCUT2D eigenvalue weighted by Crippen LogP contribution is 2.36. The van der Waals surface area contributed by atoms with Gasteiger partial charge in [0, 0.05) is 24.5 Å². The smallest absolute Gasteiger partial charge is 0.315 e. The molecular weight excluding hydrogens is 430 g/mol. The van der Waals surface area contributed by atoms with Crippen LogP contribution < -0.4 is 16.0 Å². The Morgan fingerprint density at radius 2 is 1.62 bits per heavy atom. The number of urea groups is 1. The van der Waals surface area contributed by atoms with Crippen LogP contribution in [0.5, 0.6) is 0 Å². The molecule has 34 heavy (non-hydrogen) atoms. The maximum absolute atomic E-state index is 11.9. The van der Waals surface area contributed by atoms with Crippen LogP contribution >= 0.6 is 0 Å². The van der Waals surface area contributed by atoms with Crippen molar-refractivity contribution in [3.8, 4) is 0 Å². The lowest BCUT2D eigenvalue weighted by Crippen LogP contribution is -2.42. The van der Waals surface area contributed by atoms with Crippen molar-refractivity contribution in [2.45, 2.75) is 57.5 Å². The third-order valence-electron chi connectivity index (χ3n) is 6.86. The molecule has 9 heteroatoms. The highest BCUT2D eigenvalue weighted by molar-refractivity contribution is 6.10. The van der Waals surface area contributed by atoms with E-state index in [9.17, 15) is 9.59 Å². The number of anilines is 1. The molecule has 2 fully saturated rings. The van der Waals surface area contributed by atoms with E-state index in [2.05, 4.69) is 36.1 Å². The van der Waals surface area contributed by atoms with Gasteiger partial charge >= 0.3 is 6.03 Å². The molecule has 9 nitrogen and oxygen atoms in total. The Kier molecular flexibility index (Phi) is 6.33. The molecule has 3 N–H and O–H groups in total. The van der Waals surface area contributed by atoms with Crippen molar-refractivity contribution in [1.29, 1.82) is 0 Å². The molecule has 0 radical (unpaired) electrons. The molecule has 1 saturated heterocycles. The van der Waals surface area contributed by atoms with Gasteiger partial charge in [0.15, 0.2) is 0 Å². The number of rotatable bonds is 5. The van der Waals surface area contributed by atoms with Crippen LogP contribution in [0.1, 0.15) is 56.8 Å². The van der Waals surface area contributed by atoms with E-state index in [1.807, 2.05) is 37.3 Å². The van der Waals surface area contributed by atoms with Gasteiger partial charge in [0.1, 0.15) is 0 Å². The van der Waals surface area contributed by atoms with Crippen molar-refractivity contribution in [3.05, 3.63) is 54.1 Å². The lowest BCUT2D eigenvalue weighted by molar-refractivity contribution is -0.116. The molecule has 3 aliphatic rings. The number of amides is 3. The van der Waals surface area contributed by atoms with Crippen LogP contribution in [0.15, 0.2) is 52.9 Å². The largest absolute Gasteiger partial charge is 0.333 e. The summed E-state index contributed by atoms with van der Waals surface area (Å²) in [5.41, 5.74) is 4.03. The second kappa shape index (κ2) is 9.70. The van der Waals surface area contributed by atoms with Gasteiger partial charge in [0.05, 0.1) is 46.8 Å². The first-order chi connectivity index (χ1) is 16.6. The number of nitrogens with zero attached hydrogens (tertiary/aromatic N) is 4. The van der Waals surface area contributed by atoms with Crippen molar-refractivity contribution < 1.29 is 9.59 Å². The first-order valence-electron chi connectivity index (χ1n) is 12.0. The third kappa shape index (κ3) is 4.55. The Morgan fingerprint density at radius 1 is 0.941 bits per heavy atom. The Morgan fingerprint density at radius 3 is 2.18 bits per heavy atom. The Labute approximate surface area is 198 Å². The molecule has 4 unspecified atom stereocenters. The SMILES string of the molecule is CCCC(=O)Nc1ccc(C2=NN=C(c3ccccn3)C3CCC4NC(=O)NC4CCC23)nc1. The molecule has 2 aromatic rings. The zero-order valence-corrected chi connectivity index (χ0v) is 19.2. The van der Waals surface area contributed by atoms with Gasteiger partial charge in [-0.05, 0) is 56.4 Å². The molecule has 1 aliphatic carbocycles. The molecule has 2 aliphatic heterocycles. The third-order valence-corrected chi connectivity index (χ3v) is 6.86. The Hall–Kier alpha value is -3.62. The highest BCUT2D eigenvalue weighted by atomic mass is 16.2. The minimum absolute atomic E-state index is 0.0153. The standard InChI is InChI=1S/C25H29N7O2/c1-2-5-22(33)28-15-7-10-21(27-14-15)24-17-9-12-19-18(29-25(34)30-19)11-8-16(17)23(31-32-24)20-6-3-4-13-26-20/h3-4,6-7,10,13-14,16-19H,2,5,8-9,11-12H2,1H3,(H,28,33)(H2,29,30,34). The molecule has 4 atom stereocenters. The molecule has 176 valence electrons. The lowest BCUT2D eigenvalue weighted by atomic mass is 9.73. The van der Waals surface area contributed by atoms with E-state index in [0.717, 1.165) is 54.9 Å². The molecule has 2 aromatic heterocycles. The number of hydrogen-bond donors (Lipinski definition) is 3. The summed E-state index contributed by atoms with van der Waals surface area (Å²) in [4.78, 5) is 33.0. The maximum Gasteiger partial charge on any atom is 0.315 e. The minimum atomic E-state index is -0.0882. The summed E-state index contributed by atoms with van der Waals surface area (Å²) in [6.45, 7) is 1.97. The number of hydrogen-bond acceptors (Lipinski definition) is 6. The fraction of sp³-hybridized carbons (Fsp3) is 0.440. The number of aromatic nitrogens is 2. The van der Waals surface area contributed by atoms with Gasteiger partial charge in [-0.1, -0.05) is 13.0 Å². The van der Waals surface area contributed by atoms with E-state index < -0.39 is 0 Å². The summed E-state index contributed by atoms with van der Waals surface area (Å²) < 4.78 is 0. The quantitative estimate of drug-likeness (QED) is 0.635. The van der Waals surface area contributed by atoms with E-state index in [1.165, 1.54) is 0 Å². The molecule has 3 amide bonds. The van der Waals surface area contributed by atoms with Gasteiger partial charge in [-0.2, -0.15) is 10.2 Å². The van der Waals surface area contributed by atoms with Crippen LogP contribution in [-0.4, -0.2) is 45.4 Å². The minimum Gasteiger partial charge on any atom is -0.333 e. The van der Waals surface area contributed by atoms with Crippen molar-refractivity contribution in [2.24, 2.45) is 22.0 Å². The van der Waals surface area contributed by atoms with Crippen molar-refractivity contribution in [3.63, 3.8) is 0 Å². The van der Waals surface area contributed by atoms with Gasteiger partial charge in [0.25, 0.3) is 0 Å². The fourth-order valence-electron chi connectivity index (χ4n) is 5.22. The zero-order valence-electron chi connectivity index (χ0n) is 19.2. The normalized spacial score (nSPS) is 26.0. The van der Waals surface area contributed by atoms with Crippen molar-refractivity contribution >= 4 is 29.0 Å². The molecule has 0 spiro atoms. The summed E-state index contributed by atoms with van der Waals surface area (Å²) in [7, 11) is 0. The van der Waals surface area contributed by atoms with Crippen LogP contribution in [0.25, 0.3) is 0 Å². The maximum atomic E-state index is 11.9. The first-order valence-corrected chi connectivity index (χ1v) is 12.0. The highest BCUT2D eigenvalue weighted by Gasteiger charge is 2.41. The summed E-state index contributed by atoms with van der Waals surface area (Å²) >= 11 is 0. The second-order valence-corrected chi connectivity index (χ2v) is 9.11. The number of carbonyl (C=O) groups excluding carboxylic acids is 2. The van der Waals surface area contributed by atoms with Crippen LogP contribution in [0.4, 0.5) is 10.5 Å². The van der Waals surface area contributed by atoms with Gasteiger partial charge in [-0.3, -0.25) is 14.8 Å². The van der Waals surface area contributed by atoms with Crippen LogP contribution in [0, 0.1) is 11.8 Å². The van der Waals surface area contributed by atoms with Crippen LogP contribution in [0.2, 0.25) is 0 Å². The first kappa shape index (κ1) is 22.2. The predicted octanol–water partition coefficient (Wildman–Crippen LogP) is 3.28. The van der Waals surface area contributed by atoms with Crippen molar-refractivity contribution in [2.75, 3.05) is 5.32 Å². The zero-order chi connectivity index (χ0) is 23.5. The monoisotopic (exact) mass is 459 g/mol. The molecule has 0 bridgehead atoms. The predicted molar refractivity (Wildman–Crippen MR) is 130 cm³/mol. The summed E-state index contributed by atoms with van der Waals surface area (Å²) in [5.74, 6) is 0.228. The van der Waals surface area contributed by atoms with Gasteiger partial charge in [0.2, 0.25) is 5.91 Å². The number of pyridine rings is 2. The average Bonchev–Trinajstić information content (AvgIpc) is 3.19. The van der Waals surface area contributed by atoms with Gasteiger partial charge < -0.3 is 16.0 Å². The Balaban J connectivity index is 1.45. The molecule has 0 aromatic carbocycles. The van der Waals surface area contributed by atoms with Gasteiger partial charge in [-0.15, -0.1) is 0 Å². The van der Waals surface area contributed by atoms with Crippen molar-refractivity contribution in [1.82, 2.24) is 20.6 Å². The van der Waals surface area contributed by atoms with Crippen LogP contribution in [-0.2, 0) is 4.79 Å². The van der Waals surface area contributed by atoms with E-state index in [4.69, 9.17) is 0 Å². The second-order valence-electron chi connectivity index (χ2n) is 9.11. The number of carbonyl (C=O) groups is 2. The number of nitrogens with one attached hydrogen (secondary N) is 3. The summed E-state index contributed by atoms with van der Waals surface area (Å²) in [6.07, 6.45) is 8.17. The van der Waals surface area contributed by atoms with E-state index in [-0.39, 0.29) is 35.9 Å². The molecule has 5 rings (SSSR count). The van der Waals surface area contributed by atoms with Gasteiger partial charge in [-0.25, -0.2) is 4.79 Å².